The predicted octanol–water partition coefficient (Wildman–Crippen LogP) is 3.99. The van der Waals surface area contributed by atoms with Crippen LogP contribution in [0.15, 0.2) is 30.8 Å². The van der Waals surface area contributed by atoms with Crippen LogP contribution in [0.25, 0.3) is 5.57 Å². The van der Waals surface area contributed by atoms with Crippen molar-refractivity contribution < 1.29 is 9.53 Å². The minimum absolute atomic E-state index is 0.168. The quantitative estimate of drug-likeness (QED) is 0.734. The molecule has 0 N–H and O–H groups in total. The fourth-order valence-electron chi connectivity index (χ4n) is 1.82. The lowest BCUT2D eigenvalue weighted by Crippen LogP contribution is -2.26. The van der Waals surface area contributed by atoms with Crippen molar-refractivity contribution in [3.05, 3.63) is 42.0 Å². The van der Waals surface area contributed by atoms with E-state index in [1.165, 1.54) is 5.56 Å². The van der Waals surface area contributed by atoms with E-state index in [2.05, 4.69) is 25.6 Å². The zero-order valence-corrected chi connectivity index (χ0v) is 11.7. The maximum absolute atomic E-state index is 11.8. The number of rotatable bonds is 5. The summed E-state index contributed by atoms with van der Waals surface area (Å²) in [5.74, 6) is -0.168. The monoisotopic (exact) mass is 246 g/mol. The Labute approximate surface area is 110 Å². The maximum Gasteiger partial charge on any atom is 0.311 e. The molecule has 0 fully saturated rings. The third kappa shape index (κ3) is 3.73. The van der Waals surface area contributed by atoms with Crippen molar-refractivity contribution in [3.63, 3.8) is 0 Å². The summed E-state index contributed by atoms with van der Waals surface area (Å²) < 4.78 is 5.08. The highest BCUT2D eigenvalue weighted by atomic mass is 16.5. The Bertz CT molecular complexity index is 427. The van der Waals surface area contributed by atoms with E-state index in [-0.39, 0.29) is 5.97 Å². The van der Waals surface area contributed by atoms with Crippen LogP contribution in [-0.4, -0.2) is 12.6 Å². The SMILES string of the molecule is C=C(CC(C)(C)C(=O)OCC)c1ccc(C)cc1. The van der Waals surface area contributed by atoms with Gasteiger partial charge in [-0.1, -0.05) is 36.4 Å². The highest BCUT2D eigenvalue weighted by molar-refractivity contribution is 5.79. The molecule has 2 heteroatoms. The lowest BCUT2D eigenvalue weighted by molar-refractivity contribution is -0.153. The first-order valence-corrected chi connectivity index (χ1v) is 6.29. The molecule has 98 valence electrons. The molecular weight excluding hydrogens is 224 g/mol. The zero-order valence-electron chi connectivity index (χ0n) is 11.7. The van der Waals surface area contributed by atoms with Crippen LogP contribution in [0, 0.1) is 12.3 Å². The van der Waals surface area contributed by atoms with Gasteiger partial charge >= 0.3 is 5.97 Å². The number of allylic oxidation sites excluding steroid dienone is 1. The molecule has 2 nitrogen and oxygen atoms in total. The van der Waals surface area contributed by atoms with Crippen LogP contribution in [0.1, 0.15) is 38.3 Å². The van der Waals surface area contributed by atoms with Gasteiger partial charge in [0.15, 0.2) is 0 Å². The fraction of sp³-hybridized carbons (Fsp3) is 0.438. The molecule has 0 amide bonds. The Balaban J connectivity index is 2.75. The average Bonchev–Trinajstić information content (AvgIpc) is 2.29. The average molecular weight is 246 g/mol. The van der Waals surface area contributed by atoms with Gasteiger partial charge in [-0.05, 0) is 45.3 Å². The summed E-state index contributed by atoms with van der Waals surface area (Å²) in [7, 11) is 0. The van der Waals surface area contributed by atoms with E-state index < -0.39 is 5.41 Å². The summed E-state index contributed by atoms with van der Waals surface area (Å²) >= 11 is 0. The van der Waals surface area contributed by atoms with E-state index in [1.54, 1.807) is 0 Å². The molecule has 0 saturated carbocycles. The van der Waals surface area contributed by atoms with Crippen molar-refractivity contribution >= 4 is 11.5 Å². The highest BCUT2D eigenvalue weighted by Gasteiger charge is 2.29. The number of aryl methyl sites for hydroxylation is 1. The summed E-state index contributed by atoms with van der Waals surface area (Å²) in [5, 5.41) is 0. The van der Waals surface area contributed by atoms with Crippen LogP contribution in [0.3, 0.4) is 0 Å². The minimum atomic E-state index is -0.530. The largest absolute Gasteiger partial charge is 0.466 e. The van der Waals surface area contributed by atoms with Gasteiger partial charge in [-0.25, -0.2) is 0 Å². The summed E-state index contributed by atoms with van der Waals surface area (Å²) in [6, 6.07) is 8.19. The van der Waals surface area contributed by atoms with Crippen molar-refractivity contribution in [3.8, 4) is 0 Å². The lowest BCUT2D eigenvalue weighted by Gasteiger charge is -2.23. The molecule has 1 aromatic rings. The highest BCUT2D eigenvalue weighted by Crippen LogP contribution is 2.31. The van der Waals surface area contributed by atoms with Gasteiger partial charge in [0, 0.05) is 0 Å². The molecule has 0 aliphatic rings. The van der Waals surface area contributed by atoms with Crippen molar-refractivity contribution in [1.29, 1.82) is 0 Å². The second-order valence-electron chi connectivity index (χ2n) is 5.25. The van der Waals surface area contributed by atoms with E-state index in [9.17, 15) is 4.79 Å². The van der Waals surface area contributed by atoms with Gasteiger partial charge in [0.2, 0.25) is 0 Å². The number of benzene rings is 1. The second kappa shape index (κ2) is 5.85. The van der Waals surface area contributed by atoms with E-state index in [1.807, 2.05) is 32.9 Å². The molecule has 0 heterocycles. The molecule has 0 saturated heterocycles. The third-order valence-electron chi connectivity index (χ3n) is 2.94. The van der Waals surface area contributed by atoms with Gasteiger partial charge in [-0.3, -0.25) is 4.79 Å². The molecule has 18 heavy (non-hydrogen) atoms. The van der Waals surface area contributed by atoms with Gasteiger partial charge in [0.25, 0.3) is 0 Å². The molecule has 0 radical (unpaired) electrons. The zero-order chi connectivity index (χ0) is 13.8. The third-order valence-corrected chi connectivity index (χ3v) is 2.94. The molecule has 0 atom stereocenters. The molecule has 0 bridgehead atoms. The molecule has 0 aromatic heterocycles. The lowest BCUT2D eigenvalue weighted by atomic mass is 9.84. The predicted molar refractivity (Wildman–Crippen MR) is 75.2 cm³/mol. The number of hydrogen-bond acceptors (Lipinski definition) is 2. The van der Waals surface area contributed by atoms with Crippen LogP contribution in [-0.2, 0) is 9.53 Å². The summed E-state index contributed by atoms with van der Waals surface area (Å²) in [6.45, 7) is 12.1. The number of esters is 1. The second-order valence-corrected chi connectivity index (χ2v) is 5.25. The number of carbonyl (C=O) groups excluding carboxylic acids is 1. The van der Waals surface area contributed by atoms with E-state index in [0.717, 1.165) is 11.1 Å². The Morgan fingerprint density at radius 2 is 1.83 bits per heavy atom. The van der Waals surface area contributed by atoms with Gasteiger partial charge in [-0.2, -0.15) is 0 Å². The summed E-state index contributed by atoms with van der Waals surface area (Å²) in [6.07, 6.45) is 0.606. The van der Waals surface area contributed by atoms with Gasteiger partial charge < -0.3 is 4.74 Å². The van der Waals surface area contributed by atoms with E-state index in [4.69, 9.17) is 4.74 Å². The molecule has 1 aromatic carbocycles. The summed E-state index contributed by atoms with van der Waals surface area (Å²) in [5.41, 5.74) is 2.74. The van der Waals surface area contributed by atoms with Gasteiger partial charge in [0.05, 0.1) is 12.0 Å². The topological polar surface area (TPSA) is 26.3 Å². The van der Waals surface area contributed by atoms with Crippen LogP contribution in [0.2, 0.25) is 0 Å². The number of hydrogen-bond donors (Lipinski definition) is 0. The molecule has 0 spiro atoms. The van der Waals surface area contributed by atoms with Crippen LogP contribution >= 0.6 is 0 Å². The molecular formula is C16H22O2. The fourth-order valence-corrected chi connectivity index (χ4v) is 1.82. The Morgan fingerprint density at radius 3 is 2.33 bits per heavy atom. The normalized spacial score (nSPS) is 11.1. The first-order valence-electron chi connectivity index (χ1n) is 6.29. The number of carbonyl (C=O) groups is 1. The van der Waals surface area contributed by atoms with Crippen LogP contribution in [0.5, 0.6) is 0 Å². The van der Waals surface area contributed by atoms with E-state index in [0.29, 0.717) is 13.0 Å². The number of ether oxygens (including phenoxy) is 1. The first-order chi connectivity index (χ1) is 8.36. The minimum Gasteiger partial charge on any atom is -0.466 e. The van der Waals surface area contributed by atoms with Crippen molar-refractivity contribution in [2.75, 3.05) is 6.61 Å². The Kier molecular flexibility index (Phi) is 4.71. The van der Waals surface area contributed by atoms with Gasteiger partial charge in [-0.15, -0.1) is 0 Å². The van der Waals surface area contributed by atoms with Gasteiger partial charge in [0.1, 0.15) is 0 Å². The Hall–Kier alpha value is -1.57. The smallest absolute Gasteiger partial charge is 0.311 e. The van der Waals surface area contributed by atoms with Crippen LogP contribution in [0.4, 0.5) is 0 Å². The summed E-state index contributed by atoms with van der Waals surface area (Å²) in [4.78, 5) is 11.8. The van der Waals surface area contributed by atoms with Crippen LogP contribution < -0.4 is 0 Å². The first kappa shape index (κ1) is 14.5. The van der Waals surface area contributed by atoms with E-state index >= 15 is 0 Å². The van der Waals surface area contributed by atoms with Crippen molar-refractivity contribution in [2.24, 2.45) is 5.41 Å². The molecule has 0 unspecified atom stereocenters. The standard InChI is InChI=1S/C16H22O2/c1-6-18-15(17)16(4,5)11-13(3)14-9-7-12(2)8-10-14/h7-10H,3,6,11H2,1-2,4-5H3. The molecule has 0 aliphatic carbocycles. The molecule has 0 aliphatic heterocycles. The van der Waals surface area contributed by atoms with Crippen molar-refractivity contribution in [1.82, 2.24) is 0 Å². The maximum atomic E-state index is 11.8. The Morgan fingerprint density at radius 1 is 1.28 bits per heavy atom. The van der Waals surface area contributed by atoms with Crippen molar-refractivity contribution in [2.45, 2.75) is 34.1 Å². The molecule has 1 rings (SSSR count).